The summed E-state index contributed by atoms with van der Waals surface area (Å²) in [4.78, 5) is 0. The Morgan fingerprint density at radius 1 is 1.10 bits per heavy atom. The van der Waals surface area contributed by atoms with Gasteiger partial charge in [0.1, 0.15) is 17.3 Å². The van der Waals surface area contributed by atoms with E-state index in [0.29, 0.717) is 0 Å². The van der Waals surface area contributed by atoms with Crippen molar-refractivity contribution >= 4 is 29.7 Å². The van der Waals surface area contributed by atoms with Crippen molar-refractivity contribution in [3.63, 3.8) is 0 Å². The van der Waals surface area contributed by atoms with Gasteiger partial charge in [0, 0.05) is 0 Å². The molecule has 0 spiro atoms. The van der Waals surface area contributed by atoms with Crippen LogP contribution in [0.2, 0.25) is 0 Å². The number of anilines is 1. The van der Waals surface area contributed by atoms with E-state index in [1.165, 1.54) is 6.07 Å². The normalized spacial score (nSPS) is 8.60. The zero-order valence-electron chi connectivity index (χ0n) is 4.97. The van der Waals surface area contributed by atoms with Crippen molar-refractivity contribution in [3.05, 3.63) is 29.8 Å². The van der Waals surface area contributed by atoms with E-state index in [0.717, 1.165) is 12.1 Å². The highest BCUT2D eigenvalue weighted by molar-refractivity contribution is 14.0. The predicted octanol–water partition coefficient (Wildman–Crippen LogP) is 2.17. The lowest BCUT2D eigenvalue weighted by atomic mass is 10.3. The van der Waals surface area contributed by atoms with Crippen LogP contribution in [0.4, 0.5) is 14.5 Å². The lowest BCUT2D eigenvalue weighted by Crippen LogP contribution is -1.93. The van der Waals surface area contributed by atoms with Gasteiger partial charge in [-0.2, -0.15) is 0 Å². The molecule has 10 heavy (non-hydrogen) atoms. The van der Waals surface area contributed by atoms with E-state index in [1.54, 1.807) is 0 Å². The van der Waals surface area contributed by atoms with E-state index in [9.17, 15) is 8.78 Å². The molecule has 0 bridgehead atoms. The molecule has 0 atom stereocenters. The minimum Gasteiger partial charge on any atom is -0.394 e. The zero-order valence-corrected chi connectivity index (χ0v) is 7.30. The van der Waals surface area contributed by atoms with Crippen LogP contribution in [0.5, 0.6) is 0 Å². The SMILES string of the molecule is I.Nc1c(F)cccc1F. The molecule has 0 aliphatic rings. The standard InChI is InChI=1S/C6H5F2N.HI/c7-4-2-1-3-5(8)6(4)9;/h1-3H,9H2;1H. The van der Waals surface area contributed by atoms with Gasteiger partial charge in [0.05, 0.1) is 0 Å². The summed E-state index contributed by atoms with van der Waals surface area (Å²) in [6, 6.07) is 3.48. The number of para-hydroxylation sites is 1. The Labute approximate surface area is 74.2 Å². The Balaban J connectivity index is 0.000000810. The van der Waals surface area contributed by atoms with Crippen LogP contribution in [0.15, 0.2) is 18.2 Å². The summed E-state index contributed by atoms with van der Waals surface area (Å²) in [5, 5.41) is 0. The van der Waals surface area contributed by atoms with Crippen LogP contribution in [0, 0.1) is 11.6 Å². The summed E-state index contributed by atoms with van der Waals surface area (Å²) in [5.74, 6) is -1.43. The molecule has 1 nitrogen and oxygen atoms in total. The second-order valence-corrected chi connectivity index (χ2v) is 1.64. The van der Waals surface area contributed by atoms with Gasteiger partial charge in [-0.25, -0.2) is 8.78 Å². The number of hydrogen-bond acceptors (Lipinski definition) is 1. The minimum absolute atomic E-state index is 0. The van der Waals surface area contributed by atoms with Crippen LogP contribution in [-0.4, -0.2) is 0 Å². The van der Waals surface area contributed by atoms with Crippen LogP contribution < -0.4 is 5.73 Å². The van der Waals surface area contributed by atoms with E-state index in [-0.39, 0.29) is 24.0 Å². The number of rotatable bonds is 0. The molecular weight excluding hydrogens is 251 g/mol. The highest BCUT2D eigenvalue weighted by Gasteiger charge is 2.00. The second kappa shape index (κ2) is 3.70. The minimum atomic E-state index is -0.713. The third kappa shape index (κ3) is 1.80. The topological polar surface area (TPSA) is 26.0 Å². The maximum Gasteiger partial charge on any atom is 0.149 e. The second-order valence-electron chi connectivity index (χ2n) is 1.64. The molecule has 1 aromatic rings. The van der Waals surface area contributed by atoms with Crippen molar-refractivity contribution in [1.29, 1.82) is 0 Å². The van der Waals surface area contributed by atoms with Crippen LogP contribution in [0.1, 0.15) is 0 Å². The fraction of sp³-hybridized carbons (Fsp3) is 0. The fourth-order valence-corrected chi connectivity index (χ4v) is 0.511. The van der Waals surface area contributed by atoms with Gasteiger partial charge in [0.2, 0.25) is 0 Å². The smallest absolute Gasteiger partial charge is 0.149 e. The average Bonchev–Trinajstić information content (AvgIpc) is 1.83. The van der Waals surface area contributed by atoms with Crippen molar-refractivity contribution < 1.29 is 8.78 Å². The van der Waals surface area contributed by atoms with Crippen LogP contribution >= 0.6 is 24.0 Å². The molecule has 0 aliphatic carbocycles. The maximum absolute atomic E-state index is 12.2. The van der Waals surface area contributed by atoms with Crippen molar-refractivity contribution in [1.82, 2.24) is 0 Å². The summed E-state index contributed by atoms with van der Waals surface area (Å²) in [6.45, 7) is 0. The third-order valence-electron chi connectivity index (χ3n) is 1.000. The van der Waals surface area contributed by atoms with E-state index in [4.69, 9.17) is 5.73 Å². The number of nitrogens with two attached hydrogens (primary N) is 1. The molecule has 1 rings (SSSR count). The van der Waals surface area contributed by atoms with Gasteiger partial charge < -0.3 is 5.73 Å². The lowest BCUT2D eigenvalue weighted by molar-refractivity contribution is 0.592. The summed E-state index contributed by atoms with van der Waals surface area (Å²) in [5.41, 5.74) is 4.51. The van der Waals surface area contributed by atoms with E-state index < -0.39 is 17.3 Å². The monoisotopic (exact) mass is 257 g/mol. The first-order valence-electron chi connectivity index (χ1n) is 2.41. The molecule has 56 valence electrons. The molecule has 1 aromatic carbocycles. The Hall–Kier alpha value is -0.390. The van der Waals surface area contributed by atoms with E-state index in [2.05, 4.69) is 0 Å². The van der Waals surface area contributed by atoms with E-state index in [1.807, 2.05) is 0 Å². The maximum atomic E-state index is 12.2. The summed E-state index contributed by atoms with van der Waals surface area (Å²) in [7, 11) is 0. The highest BCUT2D eigenvalue weighted by atomic mass is 127. The van der Waals surface area contributed by atoms with Gasteiger partial charge >= 0.3 is 0 Å². The quantitative estimate of drug-likeness (QED) is 0.559. The van der Waals surface area contributed by atoms with Crippen LogP contribution in [-0.2, 0) is 0 Å². The highest BCUT2D eigenvalue weighted by Crippen LogP contribution is 2.12. The molecule has 0 aliphatic heterocycles. The van der Waals surface area contributed by atoms with E-state index >= 15 is 0 Å². The van der Waals surface area contributed by atoms with Gasteiger partial charge in [0.25, 0.3) is 0 Å². The molecule has 0 saturated carbocycles. The first-order valence-corrected chi connectivity index (χ1v) is 2.41. The largest absolute Gasteiger partial charge is 0.394 e. The molecule has 0 unspecified atom stereocenters. The van der Waals surface area contributed by atoms with Crippen molar-refractivity contribution in [2.45, 2.75) is 0 Å². The van der Waals surface area contributed by atoms with Gasteiger partial charge in [0.15, 0.2) is 0 Å². The number of hydrogen-bond donors (Lipinski definition) is 1. The molecule has 0 amide bonds. The predicted molar refractivity (Wildman–Crippen MR) is 46.2 cm³/mol. The third-order valence-corrected chi connectivity index (χ3v) is 1.000. The van der Waals surface area contributed by atoms with Crippen molar-refractivity contribution in [2.24, 2.45) is 0 Å². The summed E-state index contributed by atoms with van der Waals surface area (Å²) in [6.07, 6.45) is 0. The Morgan fingerprint density at radius 3 is 1.80 bits per heavy atom. The first kappa shape index (κ1) is 9.61. The average molecular weight is 257 g/mol. The number of benzene rings is 1. The Morgan fingerprint density at radius 2 is 1.50 bits per heavy atom. The fourth-order valence-electron chi connectivity index (χ4n) is 0.511. The molecule has 0 saturated heterocycles. The Bertz CT molecular complexity index is 207. The Kier molecular flexibility index (Phi) is 3.55. The van der Waals surface area contributed by atoms with Gasteiger partial charge in [-0.3, -0.25) is 0 Å². The molecule has 4 heteroatoms. The lowest BCUT2D eigenvalue weighted by Gasteiger charge is -1.94. The molecule has 2 N–H and O–H groups in total. The van der Waals surface area contributed by atoms with Crippen molar-refractivity contribution in [2.75, 3.05) is 5.73 Å². The van der Waals surface area contributed by atoms with Gasteiger partial charge in [-0.05, 0) is 12.1 Å². The van der Waals surface area contributed by atoms with Gasteiger partial charge in [-0.1, -0.05) is 6.07 Å². The van der Waals surface area contributed by atoms with Crippen LogP contribution in [0.3, 0.4) is 0 Å². The molecule has 0 fully saturated rings. The van der Waals surface area contributed by atoms with Gasteiger partial charge in [-0.15, -0.1) is 24.0 Å². The number of nitrogen functional groups attached to an aromatic ring is 1. The number of halogens is 3. The summed E-state index contributed by atoms with van der Waals surface area (Å²) >= 11 is 0. The van der Waals surface area contributed by atoms with Crippen LogP contribution in [0.25, 0.3) is 0 Å². The molecular formula is C6H6F2IN. The summed E-state index contributed by atoms with van der Waals surface area (Å²) < 4.78 is 24.4. The van der Waals surface area contributed by atoms with Crippen molar-refractivity contribution in [3.8, 4) is 0 Å². The molecule has 0 heterocycles. The first-order chi connectivity index (χ1) is 4.22. The molecule has 0 radical (unpaired) electrons. The zero-order chi connectivity index (χ0) is 6.85. The molecule has 0 aromatic heterocycles.